The number of carbonyl (C=O) groups is 1. The standard InChI is InChI=1S/C12H8ClFO2/c13-10-1-2-11(14)9(5-10)6-12(15)8-3-4-16-7-8/h1-5,7H,6H2. The van der Waals surface area contributed by atoms with Gasteiger partial charge in [-0.1, -0.05) is 11.6 Å². The first-order valence-electron chi connectivity index (χ1n) is 4.66. The third-order valence-electron chi connectivity index (χ3n) is 2.20. The molecule has 1 aromatic carbocycles. The Morgan fingerprint density at radius 1 is 1.38 bits per heavy atom. The fraction of sp³-hybridized carbons (Fsp3) is 0.0833. The monoisotopic (exact) mass is 238 g/mol. The Labute approximate surface area is 96.6 Å². The maximum atomic E-state index is 13.3. The molecule has 0 aliphatic rings. The van der Waals surface area contributed by atoms with E-state index in [1.54, 1.807) is 6.07 Å². The zero-order valence-corrected chi connectivity index (χ0v) is 9.00. The summed E-state index contributed by atoms with van der Waals surface area (Å²) >= 11 is 5.73. The minimum Gasteiger partial charge on any atom is -0.472 e. The Balaban J connectivity index is 2.21. The second-order valence-corrected chi connectivity index (χ2v) is 3.78. The van der Waals surface area contributed by atoms with E-state index in [2.05, 4.69) is 0 Å². The van der Waals surface area contributed by atoms with Gasteiger partial charge in [-0.25, -0.2) is 4.39 Å². The Morgan fingerprint density at radius 2 is 2.19 bits per heavy atom. The van der Waals surface area contributed by atoms with E-state index in [-0.39, 0.29) is 12.2 Å². The van der Waals surface area contributed by atoms with Gasteiger partial charge in [0.25, 0.3) is 0 Å². The molecule has 0 bridgehead atoms. The summed E-state index contributed by atoms with van der Waals surface area (Å²) in [4.78, 5) is 11.7. The number of hydrogen-bond donors (Lipinski definition) is 0. The predicted molar refractivity (Wildman–Crippen MR) is 58.2 cm³/mol. The molecule has 1 heterocycles. The van der Waals surface area contributed by atoms with Crippen molar-refractivity contribution in [1.29, 1.82) is 0 Å². The predicted octanol–water partition coefficient (Wildman–Crippen LogP) is 3.50. The summed E-state index contributed by atoms with van der Waals surface area (Å²) in [5.74, 6) is -0.629. The number of carbonyl (C=O) groups excluding carboxylic acids is 1. The van der Waals surface area contributed by atoms with Crippen LogP contribution in [0.5, 0.6) is 0 Å². The zero-order valence-electron chi connectivity index (χ0n) is 8.24. The van der Waals surface area contributed by atoms with Gasteiger partial charge in [0.1, 0.15) is 12.1 Å². The average molecular weight is 239 g/mol. The van der Waals surface area contributed by atoms with Gasteiger partial charge in [-0.3, -0.25) is 4.79 Å². The molecule has 4 heteroatoms. The van der Waals surface area contributed by atoms with E-state index in [1.165, 1.54) is 30.7 Å². The summed E-state index contributed by atoms with van der Waals surface area (Å²) in [6.45, 7) is 0. The van der Waals surface area contributed by atoms with Crippen molar-refractivity contribution >= 4 is 17.4 Å². The van der Waals surface area contributed by atoms with Crippen LogP contribution in [-0.2, 0) is 6.42 Å². The lowest BCUT2D eigenvalue weighted by Crippen LogP contribution is -2.03. The van der Waals surface area contributed by atoms with Crippen molar-refractivity contribution in [2.75, 3.05) is 0 Å². The van der Waals surface area contributed by atoms with Gasteiger partial charge in [0, 0.05) is 11.4 Å². The molecule has 2 rings (SSSR count). The SMILES string of the molecule is O=C(Cc1cc(Cl)ccc1F)c1ccoc1. The van der Waals surface area contributed by atoms with Gasteiger partial charge in [0.15, 0.2) is 5.78 Å². The molecule has 0 amide bonds. The molecule has 0 saturated heterocycles. The van der Waals surface area contributed by atoms with E-state index < -0.39 is 5.82 Å². The number of Topliss-reactive ketones (excluding diaryl/α,β-unsaturated/α-hetero) is 1. The van der Waals surface area contributed by atoms with Crippen LogP contribution in [0.4, 0.5) is 4.39 Å². The molecule has 0 saturated carbocycles. The lowest BCUT2D eigenvalue weighted by Gasteiger charge is -2.01. The van der Waals surface area contributed by atoms with Crippen molar-refractivity contribution in [3.8, 4) is 0 Å². The van der Waals surface area contributed by atoms with Crippen LogP contribution in [0.15, 0.2) is 41.2 Å². The van der Waals surface area contributed by atoms with Gasteiger partial charge < -0.3 is 4.42 Å². The number of ketones is 1. The average Bonchev–Trinajstić information content (AvgIpc) is 2.76. The quantitative estimate of drug-likeness (QED) is 0.766. The minimum atomic E-state index is -0.429. The Hall–Kier alpha value is -1.61. The maximum Gasteiger partial charge on any atom is 0.170 e. The highest BCUT2D eigenvalue weighted by molar-refractivity contribution is 6.30. The highest BCUT2D eigenvalue weighted by atomic mass is 35.5. The summed E-state index contributed by atoms with van der Waals surface area (Å²) in [7, 11) is 0. The van der Waals surface area contributed by atoms with Crippen molar-refractivity contribution in [3.05, 3.63) is 58.8 Å². The number of benzene rings is 1. The van der Waals surface area contributed by atoms with E-state index in [9.17, 15) is 9.18 Å². The van der Waals surface area contributed by atoms with Crippen molar-refractivity contribution in [1.82, 2.24) is 0 Å². The van der Waals surface area contributed by atoms with Crippen molar-refractivity contribution in [3.63, 3.8) is 0 Å². The van der Waals surface area contributed by atoms with Crippen LogP contribution in [0.1, 0.15) is 15.9 Å². The molecule has 0 unspecified atom stereocenters. The van der Waals surface area contributed by atoms with E-state index >= 15 is 0 Å². The second-order valence-electron chi connectivity index (χ2n) is 3.35. The van der Waals surface area contributed by atoms with Gasteiger partial charge in [0.2, 0.25) is 0 Å². The van der Waals surface area contributed by atoms with Crippen LogP contribution in [0.3, 0.4) is 0 Å². The van der Waals surface area contributed by atoms with Crippen LogP contribution >= 0.6 is 11.6 Å². The Kier molecular flexibility index (Phi) is 3.06. The number of halogens is 2. The van der Waals surface area contributed by atoms with Crippen LogP contribution in [0.2, 0.25) is 5.02 Å². The van der Waals surface area contributed by atoms with Crippen LogP contribution < -0.4 is 0 Å². The first-order valence-corrected chi connectivity index (χ1v) is 5.04. The molecule has 0 radical (unpaired) electrons. The molecule has 0 aliphatic heterocycles. The molecule has 1 aromatic heterocycles. The van der Waals surface area contributed by atoms with Crippen molar-refractivity contribution in [2.45, 2.75) is 6.42 Å². The molecule has 16 heavy (non-hydrogen) atoms. The lowest BCUT2D eigenvalue weighted by molar-refractivity contribution is 0.0991. The summed E-state index contributed by atoms with van der Waals surface area (Å²) < 4.78 is 18.1. The van der Waals surface area contributed by atoms with E-state index in [0.29, 0.717) is 16.1 Å². The van der Waals surface area contributed by atoms with Crippen molar-refractivity contribution in [2.24, 2.45) is 0 Å². The number of furan rings is 1. The second kappa shape index (κ2) is 4.49. The Morgan fingerprint density at radius 3 is 2.88 bits per heavy atom. The molecule has 0 atom stereocenters. The minimum absolute atomic E-state index is 0.0219. The van der Waals surface area contributed by atoms with Crippen LogP contribution in [0.25, 0.3) is 0 Å². The normalized spacial score (nSPS) is 10.4. The first-order chi connectivity index (χ1) is 7.66. The molecular weight excluding hydrogens is 231 g/mol. The molecule has 0 spiro atoms. The van der Waals surface area contributed by atoms with Gasteiger partial charge in [-0.2, -0.15) is 0 Å². The number of rotatable bonds is 3. The largest absolute Gasteiger partial charge is 0.472 e. The van der Waals surface area contributed by atoms with Gasteiger partial charge >= 0.3 is 0 Å². The lowest BCUT2D eigenvalue weighted by atomic mass is 10.1. The molecule has 0 fully saturated rings. The molecular formula is C12H8ClFO2. The van der Waals surface area contributed by atoms with Crippen LogP contribution in [-0.4, -0.2) is 5.78 Å². The zero-order chi connectivity index (χ0) is 11.5. The highest BCUT2D eigenvalue weighted by Crippen LogP contribution is 2.17. The van der Waals surface area contributed by atoms with Crippen molar-refractivity contribution < 1.29 is 13.6 Å². The molecule has 2 aromatic rings. The molecule has 2 nitrogen and oxygen atoms in total. The molecule has 82 valence electrons. The van der Waals surface area contributed by atoms with Gasteiger partial charge in [-0.05, 0) is 29.8 Å². The topological polar surface area (TPSA) is 30.2 Å². The molecule has 0 N–H and O–H groups in total. The fourth-order valence-corrected chi connectivity index (χ4v) is 1.57. The smallest absolute Gasteiger partial charge is 0.170 e. The summed E-state index contributed by atoms with van der Waals surface area (Å²) in [5, 5.41) is 0.413. The van der Waals surface area contributed by atoms with Gasteiger partial charge in [-0.15, -0.1) is 0 Å². The van der Waals surface area contributed by atoms with E-state index in [4.69, 9.17) is 16.0 Å². The highest BCUT2D eigenvalue weighted by Gasteiger charge is 2.11. The van der Waals surface area contributed by atoms with Gasteiger partial charge in [0.05, 0.1) is 11.8 Å². The summed E-state index contributed by atoms with van der Waals surface area (Å²) in [6, 6.07) is 5.70. The fourth-order valence-electron chi connectivity index (χ4n) is 1.38. The summed E-state index contributed by atoms with van der Waals surface area (Å²) in [5.41, 5.74) is 0.720. The van der Waals surface area contributed by atoms with E-state index in [0.717, 1.165) is 0 Å². The summed E-state index contributed by atoms with van der Waals surface area (Å²) in [6.07, 6.45) is 2.72. The third-order valence-corrected chi connectivity index (χ3v) is 2.44. The maximum absolute atomic E-state index is 13.3. The molecule has 0 aliphatic carbocycles. The van der Waals surface area contributed by atoms with E-state index in [1.807, 2.05) is 0 Å². The van der Waals surface area contributed by atoms with Crippen LogP contribution in [0, 0.1) is 5.82 Å². The Bertz CT molecular complexity index is 506. The third kappa shape index (κ3) is 2.31. The number of hydrogen-bond acceptors (Lipinski definition) is 2. The first kappa shape index (κ1) is 10.9.